The van der Waals surface area contributed by atoms with Crippen LogP contribution in [0.3, 0.4) is 0 Å². The van der Waals surface area contributed by atoms with Gasteiger partial charge < -0.3 is 10.6 Å². The molecule has 0 saturated carbocycles. The quantitative estimate of drug-likeness (QED) is 0.724. The molecule has 2 amide bonds. The monoisotopic (exact) mass is 288 g/mol. The number of rotatable bonds is 6. The lowest BCUT2D eigenvalue weighted by Crippen LogP contribution is -2.28. The Balaban J connectivity index is 1.81. The number of benzene rings is 1. The molecule has 0 aliphatic rings. The summed E-state index contributed by atoms with van der Waals surface area (Å²) in [7, 11) is 0. The summed E-state index contributed by atoms with van der Waals surface area (Å²) >= 11 is 0. The van der Waals surface area contributed by atoms with E-state index in [9.17, 15) is 9.59 Å². The molecule has 1 heterocycles. The van der Waals surface area contributed by atoms with E-state index in [0.29, 0.717) is 25.1 Å². The second kappa shape index (κ2) is 7.13. The van der Waals surface area contributed by atoms with Gasteiger partial charge >= 0.3 is 0 Å². The van der Waals surface area contributed by atoms with Gasteiger partial charge in [0.25, 0.3) is 5.91 Å². The highest BCUT2D eigenvalue weighted by atomic mass is 16.2. The van der Waals surface area contributed by atoms with Crippen LogP contribution in [0.4, 0.5) is 0 Å². The first-order valence-electron chi connectivity index (χ1n) is 6.53. The Morgan fingerprint density at radius 1 is 1.14 bits per heavy atom. The van der Waals surface area contributed by atoms with Gasteiger partial charge in [-0.05, 0) is 41.1 Å². The molecule has 110 valence electrons. The summed E-state index contributed by atoms with van der Waals surface area (Å²) in [5.74, 6) is -0.222. The average Bonchev–Trinajstić information content (AvgIpc) is 3.01. The Morgan fingerprint density at radius 3 is 2.48 bits per heavy atom. The summed E-state index contributed by atoms with van der Waals surface area (Å²) in [6, 6.07) is 6.95. The highest BCUT2D eigenvalue weighted by molar-refractivity contribution is 5.94. The molecule has 0 unspecified atom stereocenters. The van der Waals surface area contributed by atoms with Crippen molar-refractivity contribution in [1.82, 2.24) is 30.8 Å². The number of nitrogens with zero attached hydrogens (tertiary/aromatic N) is 4. The third-order valence-electron chi connectivity index (χ3n) is 2.76. The third-order valence-corrected chi connectivity index (χ3v) is 2.76. The first kappa shape index (κ1) is 14.6. The predicted octanol–water partition coefficient (Wildman–Crippen LogP) is -0.0817. The minimum absolute atomic E-state index is 0.0699. The number of tetrazole rings is 1. The zero-order chi connectivity index (χ0) is 15.1. The van der Waals surface area contributed by atoms with Crippen LogP contribution in [0.25, 0.3) is 5.69 Å². The molecule has 0 spiro atoms. The molecular formula is C13H16N6O2. The highest BCUT2D eigenvalue weighted by Crippen LogP contribution is 2.07. The van der Waals surface area contributed by atoms with Crippen LogP contribution in [0.1, 0.15) is 23.7 Å². The van der Waals surface area contributed by atoms with Gasteiger partial charge in [0.15, 0.2) is 0 Å². The second-order valence-corrected chi connectivity index (χ2v) is 4.39. The molecule has 21 heavy (non-hydrogen) atoms. The zero-order valence-corrected chi connectivity index (χ0v) is 11.6. The van der Waals surface area contributed by atoms with E-state index in [1.807, 2.05) is 0 Å². The van der Waals surface area contributed by atoms with E-state index in [-0.39, 0.29) is 11.8 Å². The van der Waals surface area contributed by atoms with Crippen molar-refractivity contribution >= 4 is 11.8 Å². The number of hydrogen-bond donors (Lipinski definition) is 2. The van der Waals surface area contributed by atoms with Crippen LogP contribution in [0.5, 0.6) is 0 Å². The first-order chi connectivity index (χ1) is 10.2. The topological polar surface area (TPSA) is 102 Å². The van der Waals surface area contributed by atoms with E-state index in [4.69, 9.17) is 0 Å². The van der Waals surface area contributed by atoms with Crippen LogP contribution in [0, 0.1) is 0 Å². The number of aromatic nitrogens is 4. The van der Waals surface area contributed by atoms with Crippen LogP contribution < -0.4 is 10.6 Å². The van der Waals surface area contributed by atoms with Crippen LogP contribution in [0.2, 0.25) is 0 Å². The summed E-state index contributed by atoms with van der Waals surface area (Å²) in [4.78, 5) is 22.6. The number of nitrogens with one attached hydrogen (secondary N) is 2. The Labute approximate surface area is 121 Å². The van der Waals surface area contributed by atoms with Gasteiger partial charge in [-0.2, -0.15) is 0 Å². The Morgan fingerprint density at radius 2 is 1.86 bits per heavy atom. The Kier molecular flexibility index (Phi) is 4.97. The minimum atomic E-state index is -0.152. The smallest absolute Gasteiger partial charge is 0.251 e. The van der Waals surface area contributed by atoms with Gasteiger partial charge in [-0.15, -0.1) is 5.10 Å². The van der Waals surface area contributed by atoms with Crippen molar-refractivity contribution in [1.29, 1.82) is 0 Å². The number of amides is 2. The van der Waals surface area contributed by atoms with Gasteiger partial charge in [0.05, 0.1) is 5.69 Å². The molecule has 0 aliphatic heterocycles. The molecule has 0 radical (unpaired) electrons. The van der Waals surface area contributed by atoms with Crippen molar-refractivity contribution < 1.29 is 9.59 Å². The number of hydrogen-bond acceptors (Lipinski definition) is 5. The fourth-order valence-corrected chi connectivity index (χ4v) is 1.70. The largest absolute Gasteiger partial charge is 0.356 e. The molecule has 0 atom stereocenters. The van der Waals surface area contributed by atoms with E-state index >= 15 is 0 Å². The fraction of sp³-hybridized carbons (Fsp3) is 0.308. The molecule has 0 fully saturated rings. The predicted molar refractivity (Wildman–Crippen MR) is 74.8 cm³/mol. The maximum Gasteiger partial charge on any atom is 0.251 e. The molecule has 2 rings (SSSR count). The molecule has 8 nitrogen and oxygen atoms in total. The number of carbonyl (C=O) groups is 2. The second-order valence-electron chi connectivity index (χ2n) is 4.39. The van der Waals surface area contributed by atoms with E-state index in [2.05, 4.69) is 26.2 Å². The summed E-state index contributed by atoms with van der Waals surface area (Å²) in [6.07, 6.45) is 2.17. The van der Waals surface area contributed by atoms with E-state index in [1.54, 1.807) is 24.3 Å². The molecule has 0 bridgehead atoms. The Hall–Kier alpha value is -2.77. The Bertz CT molecular complexity index is 594. The van der Waals surface area contributed by atoms with Crippen LogP contribution in [-0.2, 0) is 4.79 Å². The molecule has 2 N–H and O–H groups in total. The maximum atomic E-state index is 11.9. The molecule has 2 aromatic rings. The minimum Gasteiger partial charge on any atom is -0.356 e. The van der Waals surface area contributed by atoms with Gasteiger partial charge in [0.1, 0.15) is 6.33 Å². The molecule has 0 aliphatic carbocycles. The van der Waals surface area contributed by atoms with Crippen molar-refractivity contribution in [2.45, 2.75) is 13.3 Å². The van der Waals surface area contributed by atoms with Gasteiger partial charge in [-0.1, -0.05) is 0 Å². The fourth-order valence-electron chi connectivity index (χ4n) is 1.70. The van der Waals surface area contributed by atoms with E-state index in [1.165, 1.54) is 17.9 Å². The standard InChI is InChI=1S/C13H16N6O2/c1-10(20)14-7-2-8-15-13(21)11-3-5-12(6-4-11)19-9-16-17-18-19/h3-6,9H,2,7-8H2,1H3,(H,14,20)(H,15,21). The summed E-state index contributed by atoms with van der Waals surface area (Å²) in [5.41, 5.74) is 1.34. The van der Waals surface area contributed by atoms with Gasteiger partial charge in [-0.3, -0.25) is 9.59 Å². The highest BCUT2D eigenvalue weighted by Gasteiger charge is 2.05. The van der Waals surface area contributed by atoms with Crippen molar-refractivity contribution in [3.05, 3.63) is 36.2 Å². The molecule has 1 aromatic carbocycles. The van der Waals surface area contributed by atoms with Crippen molar-refractivity contribution in [2.75, 3.05) is 13.1 Å². The normalized spacial score (nSPS) is 10.1. The van der Waals surface area contributed by atoms with Gasteiger partial charge in [-0.25, -0.2) is 4.68 Å². The number of carbonyl (C=O) groups excluding carboxylic acids is 2. The van der Waals surface area contributed by atoms with Crippen LogP contribution >= 0.6 is 0 Å². The van der Waals surface area contributed by atoms with E-state index < -0.39 is 0 Å². The summed E-state index contributed by atoms with van der Waals surface area (Å²) in [5, 5.41) is 16.3. The zero-order valence-electron chi connectivity index (χ0n) is 11.6. The lowest BCUT2D eigenvalue weighted by Gasteiger charge is -2.06. The summed E-state index contributed by atoms with van der Waals surface area (Å²) in [6.45, 7) is 2.52. The molecule has 0 saturated heterocycles. The van der Waals surface area contributed by atoms with E-state index in [0.717, 1.165) is 5.69 Å². The van der Waals surface area contributed by atoms with Crippen molar-refractivity contribution in [2.24, 2.45) is 0 Å². The molecular weight excluding hydrogens is 272 g/mol. The van der Waals surface area contributed by atoms with Gasteiger partial charge in [0, 0.05) is 25.6 Å². The van der Waals surface area contributed by atoms with Crippen LogP contribution in [-0.4, -0.2) is 45.1 Å². The molecule has 8 heteroatoms. The molecule has 1 aromatic heterocycles. The summed E-state index contributed by atoms with van der Waals surface area (Å²) < 4.78 is 1.51. The van der Waals surface area contributed by atoms with Crippen molar-refractivity contribution in [3.63, 3.8) is 0 Å². The lowest BCUT2D eigenvalue weighted by molar-refractivity contribution is -0.118. The first-order valence-corrected chi connectivity index (χ1v) is 6.53. The van der Waals surface area contributed by atoms with Gasteiger partial charge in [0.2, 0.25) is 5.91 Å². The lowest BCUT2D eigenvalue weighted by atomic mass is 10.2. The SMILES string of the molecule is CC(=O)NCCCNC(=O)c1ccc(-n2cnnn2)cc1. The maximum absolute atomic E-state index is 11.9. The van der Waals surface area contributed by atoms with Crippen LogP contribution in [0.15, 0.2) is 30.6 Å². The van der Waals surface area contributed by atoms with Crippen molar-refractivity contribution in [3.8, 4) is 5.69 Å². The average molecular weight is 288 g/mol. The third kappa shape index (κ3) is 4.37.